The number of hydrogen-bond acceptors (Lipinski definition) is 4. The standard InChI is InChI=1S/C19H21ClN2O2S/c20-14-5-6-16(22-7-9-24-10-8-22)15(12-14)21-19(23)18-11-13-3-1-2-4-17(13)25-18/h5-6,11-12H,1-4,7-10H2,(H,21,23). The summed E-state index contributed by atoms with van der Waals surface area (Å²) in [4.78, 5) is 17.2. The second kappa shape index (κ2) is 7.36. The average molecular weight is 377 g/mol. The zero-order valence-electron chi connectivity index (χ0n) is 14.0. The summed E-state index contributed by atoms with van der Waals surface area (Å²) in [5.74, 6) is -0.0452. The van der Waals surface area contributed by atoms with E-state index in [-0.39, 0.29) is 5.91 Å². The fourth-order valence-corrected chi connectivity index (χ4v) is 4.80. The van der Waals surface area contributed by atoms with Crippen molar-refractivity contribution in [3.63, 3.8) is 0 Å². The number of carbonyl (C=O) groups is 1. The minimum Gasteiger partial charge on any atom is -0.378 e. The molecule has 1 amide bonds. The van der Waals surface area contributed by atoms with Crippen molar-refractivity contribution in [3.8, 4) is 0 Å². The predicted octanol–water partition coefficient (Wildman–Crippen LogP) is 4.37. The Bertz CT molecular complexity index is 760. The molecule has 132 valence electrons. The molecule has 1 aromatic carbocycles. The number of halogens is 1. The number of anilines is 2. The molecule has 6 heteroatoms. The van der Waals surface area contributed by atoms with Crippen LogP contribution in [0.1, 0.15) is 33.0 Å². The summed E-state index contributed by atoms with van der Waals surface area (Å²) in [6.45, 7) is 3.04. The third kappa shape index (κ3) is 3.68. The second-order valence-corrected chi connectivity index (χ2v) is 8.05. The van der Waals surface area contributed by atoms with Crippen LogP contribution < -0.4 is 10.2 Å². The van der Waals surface area contributed by atoms with E-state index in [1.165, 1.54) is 23.3 Å². The molecule has 4 rings (SSSR count). The molecule has 1 fully saturated rings. The molecule has 0 saturated carbocycles. The third-order valence-corrected chi connectivity index (χ3v) is 6.25. The van der Waals surface area contributed by atoms with Crippen molar-refractivity contribution in [1.82, 2.24) is 0 Å². The topological polar surface area (TPSA) is 41.6 Å². The van der Waals surface area contributed by atoms with Crippen LogP contribution in [-0.2, 0) is 17.6 Å². The number of ether oxygens (including phenoxy) is 1. The summed E-state index contributed by atoms with van der Waals surface area (Å²) in [6.07, 6.45) is 4.64. The molecule has 0 radical (unpaired) electrons. The normalized spacial score (nSPS) is 17.2. The lowest BCUT2D eigenvalue weighted by atomic mass is 9.99. The van der Waals surface area contributed by atoms with Crippen molar-refractivity contribution in [2.45, 2.75) is 25.7 Å². The summed E-state index contributed by atoms with van der Waals surface area (Å²) < 4.78 is 5.43. The van der Waals surface area contributed by atoms with E-state index in [4.69, 9.17) is 16.3 Å². The van der Waals surface area contributed by atoms with E-state index in [1.54, 1.807) is 11.3 Å². The zero-order chi connectivity index (χ0) is 17.2. The molecule has 0 spiro atoms. The largest absolute Gasteiger partial charge is 0.378 e. The van der Waals surface area contributed by atoms with E-state index in [0.29, 0.717) is 18.2 Å². The van der Waals surface area contributed by atoms with Gasteiger partial charge in [-0.3, -0.25) is 4.79 Å². The average Bonchev–Trinajstić information content (AvgIpc) is 3.07. The maximum Gasteiger partial charge on any atom is 0.265 e. The van der Waals surface area contributed by atoms with E-state index >= 15 is 0 Å². The molecule has 1 aromatic heterocycles. The van der Waals surface area contributed by atoms with Gasteiger partial charge in [-0.2, -0.15) is 0 Å². The van der Waals surface area contributed by atoms with Gasteiger partial charge in [0, 0.05) is 23.0 Å². The molecule has 0 unspecified atom stereocenters. The number of fused-ring (bicyclic) bond motifs is 1. The van der Waals surface area contributed by atoms with Gasteiger partial charge in [0.1, 0.15) is 0 Å². The minimum atomic E-state index is -0.0452. The molecule has 1 aliphatic heterocycles. The van der Waals surface area contributed by atoms with Crippen molar-refractivity contribution in [2.75, 3.05) is 36.5 Å². The Labute approximate surface area is 156 Å². The molecular weight excluding hydrogens is 356 g/mol. The van der Waals surface area contributed by atoms with Gasteiger partial charge < -0.3 is 15.0 Å². The Morgan fingerprint density at radius 1 is 1.16 bits per heavy atom. The highest BCUT2D eigenvalue weighted by atomic mass is 35.5. The van der Waals surface area contributed by atoms with E-state index in [2.05, 4.69) is 16.3 Å². The first-order valence-electron chi connectivity index (χ1n) is 8.76. The number of hydrogen-bond donors (Lipinski definition) is 1. The lowest BCUT2D eigenvalue weighted by Gasteiger charge is -2.30. The van der Waals surface area contributed by atoms with Gasteiger partial charge in [-0.05, 0) is 55.5 Å². The Balaban J connectivity index is 1.57. The lowest BCUT2D eigenvalue weighted by Crippen LogP contribution is -2.36. The fourth-order valence-electron chi connectivity index (χ4n) is 3.47. The summed E-state index contributed by atoms with van der Waals surface area (Å²) in [6, 6.07) is 7.74. The molecule has 1 N–H and O–H groups in total. The van der Waals surface area contributed by atoms with E-state index < -0.39 is 0 Å². The molecule has 2 aromatic rings. The van der Waals surface area contributed by atoms with Crippen molar-refractivity contribution < 1.29 is 9.53 Å². The lowest BCUT2D eigenvalue weighted by molar-refractivity contribution is 0.103. The van der Waals surface area contributed by atoms with Crippen molar-refractivity contribution in [1.29, 1.82) is 0 Å². The first-order chi connectivity index (χ1) is 12.2. The first-order valence-corrected chi connectivity index (χ1v) is 9.95. The Morgan fingerprint density at radius 3 is 2.76 bits per heavy atom. The molecule has 0 bridgehead atoms. The summed E-state index contributed by atoms with van der Waals surface area (Å²) in [5, 5.41) is 3.70. The van der Waals surface area contributed by atoms with Crippen molar-refractivity contribution in [3.05, 3.63) is 44.6 Å². The highest BCUT2D eigenvalue weighted by Gasteiger charge is 2.20. The highest BCUT2D eigenvalue weighted by Crippen LogP contribution is 2.33. The van der Waals surface area contributed by atoms with Gasteiger partial charge in [0.15, 0.2) is 0 Å². The molecule has 0 atom stereocenters. The third-order valence-electron chi connectivity index (χ3n) is 4.78. The molecule has 25 heavy (non-hydrogen) atoms. The van der Waals surface area contributed by atoms with Crippen molar-refractivity contribution in [2.24, 2.45) is 0 Å². The Kier molecular flexibility index (Phi) is 4.97. The number of nitrogens with one attached hydrogen (secondary N) is 1. The van der Waals surface area contributed by atoms with E-state index in [9.17, 15) is 4.79 Å². The van der Waals surface area contributed by atoms with Gasteiger partial charge in [0.2, 0.25) is 0 Å². The molecule has 2 heterocycles. The highest BCUT2D eigenvalue weighted by molar-refractivity contribution is 7.14. The van der Waals surface area contributed by atoms with Crippen LogP contribution in [0.4, 0.5) is 11.4 Å². The SMILES string of the molecule is O=C(Nc1cc(Cl)ccc1N1CCOCC1)c1cc2c(s1)CCCC2. The Hall–Kier alpha value is -1.56. The maximum atomic E-state index is 12.8. The maximum absolute atomic E-state index is 12.8. The Morgan fingerprint density at radius 2 is 1.96 bits per heavy atom. The van der Waals surface area contributed by atoms with Crippen LogP contribution in [0.15, 0.2) is 24.3 Å². The van der Waals surface area contributed by atoms with Crippen LogP contribution in [-0.4, -0.2) is 32.2 Å². The van der Waals surface area contributed by atoms with Crippen LogP contribution in [0, 0.1) is 0 Å². The van der Waals surface area contributed by atoms with Gasteiger partial charge in [0.05, 0.1) is 29.5 Å². The number of aryl methyl sites for hydroxylation is 2. The van der Waals surface area contributed by atoms with E-state index in [1.807, 2.05) is 18.2 Å². The number of morpholine rings is 1. The van der Waals surface area contributed by atoms with Gasteiger partial charge in [-0.25, -0.2) is 0 Å². The van der Waals surface area contributed by atoms with Crippen LogP contribution in [0.5, 0.6) is 0 Å². The first kappa shape index (κ1) is 16.9. The fraction of sp³-hybridized carbons (Fsp3) is 0.421. The number of amides is 1. The quantitative estimate of drug-likeness (QED) is 0.864. The minimum absolute atomic E-state index is 0.0452. The smallest absolute Gasteiger partial charge is 0.265 e. The molecule has 1 saturated heterocycles. The van der Waals surface area contributed by atoms with Gasteiger partial charge in [0.25, 0.3) is 5.91 Å². The summed E-state index contributed by atoms with van der Waals surface area (Å²) >= 11 is 7.81. The number of thiophene rings is 1. The molecule has 4 nitrogen and oxygen atoms in total. The number of rotatable bonds is 3. The van der Waals surface area contributed by atoms with Gasteiger partial charge in [-0.15, -0.1) is 11.3 Å². The van der Waals surface area contributed by atoms with Crippen molar-refractivity contribution >= 4 is 40.2 Å². The summed E-state index contributed by atoms with van der Waals surface area (Å²) in [5.41, 5.74) is 3.12. The zero-order valence-corrected chi connectivity index (χ0v) is 15.6. The monoisotopic (exact) mass is 376 g/mol. The predicted molar refractivity (Wildman–Crippen MR) is 103 cm³/mol. The number of nitrogens with zero attached hydrogens (tertiary/aromatic N) is 1. The molecular formula is C19H21ClN2O2S. The summed E-state index contributed by atoms with van der Waals surface area (Å²) in [7, 11) is 0. The van der Waals surface area contributed by atoms with E-state index in [0.717, 1.165) is 42.2 Å². The van der Waals surface area contributed by atoms with Crippen LogP contribution in [0.25, 0.3) is 0 Å². The number of carbonyl (C=O) groups excluding carboxylic acids is 1. The van der Waals surface area contributed by atoms with Gasteiger partial charge in [-0.1, -0.05) is 11.6 Å². The van der Waals surface area contributed by atoms with Gasteiger partial charge >= 0.3 is 0 Å². The number of benzene rings is 1. The molecule has 2 aliphatic rings. The van der Waals surface area contributed by atoms with Crippen LogP contribution in [0.3, 0.4) is 0 Å². The molecule has 1 aliphatic carbocycles. The van der Waals surface area contributed by atoms with Crippen LogP contribution >= 0.6 is 22.9 Å². The van der Waals surface area contributed by atoms with Crippen LogP contribution in [0.2, 0.25) is 5.02 Å². The second-order valence-electron chi connectivity index (χ2n) is 6.48.